The molecule has 2 N–H and O–H groups in total. The predicted octanol–water partition coefficient (Wildman–Crippen LogP) is 3.85. The van der Waals surface area contributed by atoms with Gasteiger partial charge in [-0.2, -0.15) is 0 Å². The molecule has 0 heterocycles. The number of carbonyl (C=O) groups is 2. The van der Waals surface area contributed by atoms with Crippen molar-refractivity contribution in [3.05, 3.63) is 101 Å². The highest BCUT2D eigenvalue weighted by atomic mass is 32.2. The fraction of sp³-hybridized carbons (Fsp3) is 0.355. The quantitative estimate of drug-likeness (QED) is 0.249. The Bertz CT molecular complexity index is 1350. The van der Waals surface area contributed by atoms with Crippen molar-refractivity contribution >= 4 is 21.8 Å². The van der Waals surface area contributed by atoms with Crippen molar-refractivity contribution < 1.29 is 27.1 Å². The lowest BCUT2D eigenvalue weighted by Crippen LogP contribution is -2.50. The molecule has 1 unspecified atom stereocenters. The maximum atomic E-state index is 13.8. The van der Waals surface area contributed by atoms with Crippen molar-refractivity contribution in [2.75, 3.05) is 26.8 Å². The minimum atomic E-state index is -3.58. The van der Waals surface area contributed by atoms with E-state index >= 15 is 0 Å². The summed E-state index contributed by atoms with van der Waals surface area (Å²) in [6.07, 6.45) is 1.39. The van der Waals surface area contributed by atoms with Gasteiger partial charge < -0.3 is 15.0 Å². The second-order valence-corrected chi connectivity index (χ2v) is 11.4. The summed E-state index contributed by atoms with van der Waals surface area (Å²) in [5.74, 6) is -0.909. The van der Waals surface area contributed by atoms with Gasteiger partial charge in [-0.25, -0.2) is 17.5 Å². The minimum Gasteiger partial charge on any atom is -0.385 e. The molecule has 220 valence electrons. The standard InChI is InChI=1S/C31H38FN3O5S/c1-3-34-41(38,39)28-17-12-24(13-18-28)14-19-30(36)35(23-26-10-15-27(32)16-11-26)29(22-25-8-5-4-6-9-25)31(37)33-20-7-21-40-2/h4-6,8-13,15-18,29,34H,3,7,14,19-23H2,1-2H3,(H,33,37). The molecule has 2 amide bonds. The van der Waals surface area contributed by atoms with Gasteiger partial charge in [0.25, 0.3) is 0 Å². The van der Waals surface area contributed by atoms with E-state index in [2.05, 4.69) is 10.0 Å². The summed E-state index contributed by atoms with van der Waals surface area (Å²) in [5, 5.41) is 2.94. The van der Waals surface area contributed by atoms with E-state index in [1.807, 2.05) is 30.3 Å². The lowest BCUT2D eigenvalue weighted by atomic mass is 10.0. The van der Waals surface area contributed by atoms with Crippen LogP contribution in [0.2, 0.25) is 0 Å². The minimum absolute atomic E-state index is 0.0999. The lowest BCUT2D eigenvalue weighted by molar-refractivity contribution is -0.141. The maximum Gasteiger partial charge on any atom is 0.243 e. The molecule has 0 aliphatic carbocycles. The highest BCUT2D eigenvalue weighted by Crippen LogP contribution is 2.18. The van der Waals surface area contributed by atoms with Gasteiger partial charge in [0.15, 0.2) is 0 Å². The van der Waals surface area contributed by atoms with Crippen LogP contribution in [0.1, 0.15) is 36.5 Å². The number of halogens is 1. The van der Waals surface area contributed by atoms with E-state index < -0.39 is 16.1 Å². The molecular weight excluding hydrogens is 545 g/mol. The smallest absolute Gasteiger partial charge is 0.243 e. The van der Waals surface area contributed by atoms with Crippen LogP contribution in [-0.2, 0) is 43.7 Å². The first kappa shape index (κ1) is 31.9. The number of ether oxygens (including phenoxy) is 1. The van der Waals surface area contributed by atoms with Crippen LogP contribution in [-0.4, -0.2) is 58.0 Å². The fourth-order valence-electron chi connectivity index (χ4n) is 4.39. The van der Waals surface area contributed by atoms with Crippen LogP contribution in [0.25, 0.3) is 0 Å². The van der Waals surface area contributed by atoms with Crippen LogP contribution < -0.4 is 10.0 Å². The normalized spacial score (nSPS) is 12.1. The van der Waals surface area contributed by atoms with E-state index in [1.54, 1.807) is 43.2 Å². The molecule has 0 spiro atoms. The van der Waals surface area contributed by atoms with Crippen LogP contribution in [0.5, 0.6) is 0 Å². The third kappa shape index (κ3) is 10.1. The highest BCUT2D eigenvalue weighted by molar-refractivity contribution is 7.89. The number of methoxy groups -OCH3 is 1. The van der Waals surface area contributed by atoms with Gasteiger partial charge in [-0.05, 0) is 53.8 Å². The molecule has 3 aromatic rings. The zero-order valence-electron chi connectivity index (χ0n) is 23.5. The van der Waals surface area contributed by atoms with Crippen LogP contribution in [0.4, 0.5) is 4.39 Å². The SMILES string of the molecule is CCNS(=O)(=O)c1ccc(CCC(=O)N(Cc2ccc(F)cc2)C(Cc2ccccc2)C(=O)NCCCOC)cc1. The number of hydrogen-bond donors (Lipinski definition) is 2. The Morgan fingerprint density at radius 1 is 0.927 bits per heavy atom. The summed E-state index contributed by atoms with van der Waals surface area (Å²) in [6, 6.07) is 21.0. The molecule has 8 nitrogen and oxygen atoms in total. The van der Waals surface area contributed by atoms with E-state index in [0.717, 1.165) is 11.1 Å². The van der Waals surface area contributed by atoms with Gasteiger partial charge in [-0.3, -0.25) is 9.59 Å². The number of sulfonamides is 1. The van der Waals surface area contributed by atoms with Crippen molar-refractivity contribution in [1.29, 1.82) is 0 Å². The Morgan fingerprint density at radius 2 is 1.59 bits per heavy atom. The summed E-state index contributed by atoms with van der Waals surface area (Å²) in [4.78, 5) is 29.0. The number of nitrogens with zero attached hydrogens (tertiary/aromatic N) is 1. The Morgan fingerprint density at radius 3 is 2.22 bits per heavy atom. The molecule has 41 heavy (non-hydrogen) atoms. The van der Waals surface area contributed by atoms with E-state index in [9.17, 15) is 22.4 Å². The highest BCUT2D eigenvalue weighted by Gasteiger charge is 2.30. The van der Waals surface area contributed by atoms with Crippen molar-refractivity contribution in [3.8, 4) is 0 Å². The third-order valence-corrected chi connectivity index (χ3v) is 8.12. The number of benzene rings is 3. The molecule has 3 rings (SSSR count). The van der Waals surface area contributed by atoms with E-state index in [-0.39, 0.29) is 42.0 Å². The summed E-state index contributed by atoms with van der Waals surface area (Å²) < 4.78 is 45.7. The Balaban J connectivity index is 1.84. The second-order valence-electron chi connectivity index (χ2n) is 9.64. The largest absolute Gasteiger partial charge is 0.385 e. The third-order valence-electron chi connectivity index (χ3n) is 6.56. The fourth-order valence-corrected chi connectivity index (χ4v) is 5.43. The van der Waals surface area contributed by atoms with E-state index in [1.165, 1.54) is 24.3 Å². The number of carbonyl (C=O) groups excluding carboxylic acids is 2. The monoisotopic (exact) mass is 583 g/mol. The molecular formula is C31H38FN3O5S. The average Bonchev–Trinajstić information content (AvgIpc) is 2.97. The molecule has 0 saturated heterocycles. The first-order valence-corrected chi connectivity index (χ1v) is 15.1. The second kappa shape index (κ2) is 16.0. The maximum absolute atomic E-state index is 13.8. The van der Waals surface area contributed by atoms with Gasteiger partial charge in [-0.15, -0.1) is 0 Å². The van der Waals surface area contributed by atoms with Gasteiger partial charge in [0.2, 0.25) is 21.8 Å². The van der Waals surface area contributed by atoms with Crippen LogP contribution >= 0.6 is 0 Å². The number of nitrogens with one attached hydrogen (secondary N) is 2. The van der Waals surface area contributed by atoms with Gasteiger partial charge in [0, 0.05) is 46.2 Å². The molecule has 10 heteroatoms. The lowest BCUT2D eigenvalue weighted by Gasteiger charge is -2.31. The topological polar surface area (TPSA) is 105 Å². The number of rotatable bonds is 16. The zero-order valence-corrected chi connectivity index (χ0v) is 24.3. The van der Waals surface area contributed by atoms with Gasteiger partial charge in [0.1, 0.15) is 11.9 Å². The van der Waals surface area contributed by atoms with Crippen LogP contribution in [0, 0.1) is 5.82 Å². The van der Waals surface area contributed by atoms with Crippen LogP contribution in [0.3, 0.4) is 0 Å². The van der Waals surface area contributed by atoms with E-state index in [4.69, 9.17) is 4.74 Å². The van der Waals surface area contributed by atoms with Crippen molar-refractivity contribution in [3.63, 3.8) is 0 Å². The average molecular weight is 584 g/mol. The van der Waals surface area contributed by atoms with Gasteiger partial charge >= 0.3 is 0 Å². The Hall–Kier alpha value is -3.60. The van der Waals surface area contributed by atoms with Gasteiger partial charge in [0.05, 0.1) is 4.90 Å². The first-order chi connectivity index (χ1) is 19.7. The molecule has 3 aromatic carbocycles. The van der Waals surface area contributed by atoms with E-state index in [0.29, 0.717) is 38.0 Å². The number of amides is 2. The molecule has 1 atom stereocenters. The molecule has 0 bridgehead atoms. The predicted molar refractivity (Wildman–Crippen MR) is 156 cm³/mol. The molecule has 0 aliphatic heterocycles. The van der Waals surface area contributed by atoms with Gasteiger partial charge in [-0.1, -0.05) is 61.5 Å². The summed E-state index contributed by atoms with van der Waals surface area (Å²) in [6.45, 7) is 3.02. The summed E-state index contributed by atoms with van der Waals surface area (Å²) in [5.41, 5.74) is 2.39. The molecule has 0 aromatic heterocycles. The summed E-state index contributed by atoms with van der Waals surface area (Å²) in [7, 11) is -1.98. The molecule has 0 fully saturated rings. The Labute approximate surface area is 242 Å². The zero-order chi connectivity index (χ0) is 29.7. The van der Waals surface area contributed by atoms with Crippen molar-refractivity contribution in [1.82, 2.24) is 14.9 Å². The van der Waals surface area contributed by atoms with Crippen LogP contribution in [0.15, 0.2) is 83.8 Å². The van der Waals surface area contributed by atoms with Crippen molar-refractivity contribution in [2.45, 2.75) is 50.1 Å². The molecule has 0 radical (unpaired) electrons. The number of aryl methyl sites for hydroxylation is 1. The Kier molecular flexibility index (Phi) is 12.5. The molecule has 0 aliphatic rings. The first-order valence-electron chi connectivity index (χ1n) is 13.7. The molecule has 0 saturated carbocycles. The summed E-state index contributed by atoms with van der Waals surface area (Å²) >= 11 is 0. The number of hydrogen-bond acceptors (Lipinski definition) is 5. The van der Waals surface area contributed by atoms with Crippen molar-refractivity contribution in [2.24, 2.45) is 0 Å².